The summed E-state index contributed by atoms with van der Waals surface area (Å²) in [4.78, 5) is 2.41. The van der Waals surface area contributed by atoms with E-state index >= 15 is 0 Å². The molecule has 0 bridgehead atoms. The van der Waals surface area contributed by atoms with Crippen molar-refractivity contribution in [3.63, 3.8) is 0 Å². The van der Waals surface area contributed by atoms with E-state index in [9.17, 15) is 12.9 Å². The first-order valence-electron chi connectivity index (χ1n) is 24.8. The van der Waals surface area contributed by atoms with Crippen LogP contribution < -0.4 is 40.3 Å². The molecule has 73 heavy (non-hydrogen) atoms. The Labute approximate surface area is 450 Å². The molecule has 0 N–H and O–H groups in total. The molecule has 0 unspecified atom stereocenters. The number of hydrogen-bond donors (Lipinski definition) is 0. The van der Waals surface area contributed by atoms with Crippen molar-refractivity contribution in [2.75, 3.05) is 59.6 Å². The standard InChI is InChI=1S/C40H52ClN2O4.C20H26I.BF3.FH/c1-26-22-30(46-9)24-32-37(26)42(18-20-44-7)34(39(32,3)4)16-14-28-12-11-13-29(36(28)41)15-17-35-40(5,6)33-25-31(47-10)23-27(2)38(33)43(35)19-21-45-8;1-19(2,3)15-7-11-17(12-8-15)21-18-13-9-16(10-14-18)20(4,5)6;2-1(3)4;/h14-17,22-25H,11-13,18-21H2,1-10H3;7-14H,1-6H3;;1H/q2*+1;;/p-1. The molecule has 0 fully saturated rings. The van der Waals surface area contributed by atoms with Crippen LogP contribution >= 0.6 is 11.6 Å². The van der Waals surface area contributed by atoms with Crippen molar-refractivity contribution in [1.29, 1.82) is 0 Å². The number of allylic oxidation sites excluding steroid dienone is 8. The normalized spacial score (nSPS) is 17.0. The molecule has 13 heteroatoms. The van der Waals surface area contributed by atoms with Gasteiger partial charge in [-0.3, -0.25) is 12.9 Å². The lowest BCUT2D eigenvalue weighted by atomic mass is 9.80. The molecule has 0 aromatic heterocycles. The van der Waals surface area contributed by atoms with Gasteiger partial charge in [-0.2, -0.15) is 4.58 Å². The highest BCUT2D eigenvalue weighted by Crippen LogP contribution is 2.51. The van der Waals surface area contributed by atoms with Crippen molar-refractivity contribution in [3.8, 4) is 11.5 Å². The van der Waals surface area contributed by atoms with Gasteiger partial charge in [-0.15, -0.1) is 0 Å². The Balaban J connectivity index is 0.000000369. The fourth-order valence-electron chi connectivity index (χ4n) is 9.73. The van der Waals surface area contributed by atoms with E-state index in [4.69, 9.17) is 30.5 Å². The van der Waals surface area contributed by atoms with Crippen molar-refractivity contribution in [1.82, 2.24) is 0 Å². The van der Waals surface area contributed by atoms with E-state index in [1.807, 2.05) is 0 Å². The smallest absolute Gasteiger partial charge is 0.762 e. The highest BCUT2D eigenvalue weighted by molar-refractivity contribution is 6.33. The van der Waals surface area contributed by atoms with Crippen LogP contribution in [0.1, 0.15) is 122 Å². The van der Waals surface area contributed by atoms with Gasteiger partial charge in [0.15, 0.2) is 19.4 Å². The van der Waals surface area contributed by atoms with E-state index in [-0.39, 0.29) is 47.6 Å². The molecule has 2 heterocycles. The third-order valence-electron chi connectivity index (χ3n) is 13.8. The van der Waals surface area contributed by atoms with Crippen LogP contribution in [-0.2, 0) is 31.1 Å². The Kier molecular flexibility index (Phi) is 21.7. The van der Waals surface area contributed by atoms with E-state index in [2.05, 4.69) is 190 Å². The fourth-order valence-corrected chi connectivity index (χ4v) is 12.2. The lowest BCUT2D eigenvalue weighted by Crippen LogP contribution is -3.61. The lowest BCUT2D eigenvalue weighted by Gasteiger charge is -2.27. The minimum Gasteiger partial charge on any atom is -1.00 e. The van der Waals surface area contributed by atoms with E-state index in [1.165, 1.54) is 74.5 Å². The first-order valence-corrected chi connectivity index (χ1v) is 27.4. The molecule has 4 aromatic rings. The van der Waals surface area contributed by atoms with Gasteiger partial charge < -0.3 is 28.6 Å². The Bertz CT molecular complexity index is 2620. The second-order valence-electron chi connectivity index (χ2n) is 21.7. The van der Waals surface area contributed by atoms with Crippen molar-refractivity contribution in [2.45, 2.75) is 124 Å². The van der Waals surface area contributed by atoms with Crippen LogP contribution in [0.25, 0.3) is 0 Å². The third kappa shape index (κ3) is 14.9. The average molecular weight is 1140 g/mol. The Morgan fingerprint density at radius 3 is 1.70 bits per heavy atom. The van der Waals surface area contributed by atoms with E-state index in [1.54, 1.807) is 28.4 Å². The summed E-state index contributed by atoms with van der Waals surface area (Å²) in [5, 5.41) is 0.856. The Morgan fingerprint density at radius 1 is 0.699 bits per heavy atom. The van der Waals surface area contributed by atoms with Crippen LogP contribution in [-0.4, -0.2) is 72.6 Å². The molecule has 0 radical (unpaired) electrons. The van der Waals surface area contributed by atoms with Crippen molar-refractivity contribution in [3.05, 3.63) is 159 Å². The van der Waals surface area contributed by atoms with Crippen molar-refractivity contribution in [2.24, 2.45) is 0 Å². The molecule has 3 aliphatic rings. The zero-order valence-corrected chi connectivity index (χ0v) is 49.0. The second kappa shape index (κ2) is 25.9. The molecule has 0 amide bonds. The zero-order chi connectivity index (χ0) is 53.3. The molecule has 0 atom stereocenters. The number of fused-ring (bicyclic) bond motifs is 2. The molecule has 6 nitrogen and oxygen atoms in total. The van der Waals surface area contributed by atoms with Gasteiger partial charge in [0, 0.05) is 59.8 Å². The summed E-state index contributed by atoms with van der Waals surface area (Å²) in [6.07, 6.45) is 12.0. The maximum absolute atomic E-state index is 9.67. The number of ether oxygens (including phenoxy) is 4. The van der Waals surface area contributed by atoms with Gasteiger partial charge in [0.05, 0.1) is 26.2 Å². The topological polar surface area (TPSA) is 43.2 Å². The van der Waals surface area contributed by atoms with E-state index in [0.717, 1.165) is 48.9 Å². The van der Waals surface area contributed by atoms with Crippen LogP contribution in [0.5, 0.6) is 11.5 Å². The van der Waals surface area contributed by atoms with Gasteiger partial charge >= 0.3 is 28.7 Å². The van der Waals surface area contributed by atoms with Crippen LogP contribution in [0.3, 0.4) is 0 Å². The van der Waals surface area contributed by atoms with Crippen LogP contribution in [0.2, 0.25) is 0 Å². The molecule has 7 rings (SSSR count). The largest absolute Gasteiger partial charge is 1.00 e. The Morgan fingerprint density at radius 2 is 1.21 bits per heavy atom. The van der Waals surface area contributed by atoms with Gasteiger partial charge in [0.2, 0.25) is 5.69 Å². The zero-order valence-electron chi connectivity index (χ0n) is 46.1. The summed E-state index contributed by atoms with van der Waals surface area (Å²) < 4.78 is 56.8. The minimum absolute atomic E-state index is 0. The summed E-state index contributed by atoms with van der Waals surface area (Å²) in [6.45, 7) is 29.9. The van der Waals surface area contributed by atoms with Gasteiger partial charge in [0.25, 0.3) is 0 Å². The van der Waals surface area contributed by atoms with Crippen molar-refractivity contribution >= 4 is 36.2 Å². The summed E-state index contributed by atoms with van der Waals surface area (Å²) in [6, 6.07) is 27.0. The number of nitrogens with zero attached hydrogens (tertiary/aromatic N) is 2. The number of aryl methyl sites for hydroxylation is 2. The maximum atomic E-state index is 9.67. The fraction of sp³-hybridized carbons (Fsp3) is 0.450. The molecule has 2 aliphatic heterocycles. The summed E-state index contributed by atoms with van der Waals surface area (Å²) in [5.41, 5.74) is 15.1. The SMILES string of the molecule is CC(C)(C)c1ccc([I+]c2ccc(C(C)(C)C)cc2)cc1.COCCN1/C(=C\C=C2/CCCC(/C=C/C3=[N+](CCOC)c4c(C)cc(OC)cc4C3(C)C)=C2Cl)C(C)(C)c2cc(OC)cc(C)c21.FB(F)F.[F-]. The second-order valence-corrected chi connectivity index (χ2v) is 25.1. The quantitative estimate of drug-likeness (QED) is 0.0579. The number of rotatable bonds is 13. The molecular formula is C60H78BClF4IN2O4+. The van der Waals surface area contributed by atoms with E-state index in [0.29, 0.717) is 13.2 Å². The number of benzene rings is 4. The molecular weight excluding hydrogens is 1060 g/mol. The summed E-state index contributed by atoms with van der Waals surface area (Å²) in [7, 11) is 3.32. The molecule has 4 aromatic carbocycles. The van der Waals surface area contributed by atoms with Crippen LogP contribution in [0, 0.1) is 21.0 Å². The van der Waals surface area contributed by atoms with Gasteiger partial charge in [0.1, 0.15) is 18.1 Å². The highest BCUT2D eigenvalue weighted by atomic mass is 127. The van der Waals surface area contributed by atoms with Crippen LogP contribution in [0.4, 0.5) is 24.3 Å². The third-order valence-corrected chi connectivity index (χ3v) is 17.0. The first kappa shape index (κ1) is 61.2. The molecule has 0 spiro atoms. The molecule has 0 saturated carbocycles. The van der Waals surface area contributed by atoms with Gasteiger partial charge in [-0.1, -0.05) is 103 Å². The summed E-state index contributed by atoms with van der Waals surface area (Å²) >= 11 is 7.16. The Hall–Kier alpha value is -4.37. The minimum atomic E-state index is -3.67. The predicted octanol–water partition coefficient (Wildman–Crippen LogP) is 9.12. The van der Waals surface area contributed by atoms with Crippen LogP contribution in [0.15, 0.2) is 119 Å². The highest BCUT2D eigenvalue weighted by Gasteiger charge is 2.46. The lowest BCUT2D eigenvalue weighted by molar-refractivity contribution is -0.597. The first-order chi connectivity index (χ1) is 33.8. The number of halogens is 6. The van der Waals surface area contributed by atoms with Crippen molar-refractivity contribution < 1.29 is 62.4 Å². The van der Waals surface area contributed by atoms with E-state index < -0.39 is 7.54 Å². The van der Waals surface area contributed by atoms with Gasteiger partial charge in [-0.05, 0) is 146 Å². The summed E-state index contributed by atoms with van der Waals surface area (Å²) in [5.74, 6) is 1.77. The predicted molar refractivity (Wildman–Crippen MR) is 291 cm³/mol. The molecule has 1 aliphatic carbocycles. The average Bonchev–Trinajstić information content (AvgIpc) is 3.66. The number of hydrogen-bond acceptors (Lipinski definition) is 5. The monoisotopic (exact) mass is 1140 g/mol. The van der Waals surface area contributed by atoms with Gasteiger partial charge in [-0.25, -0.2) is 0 Å². The molecule has 396 valence electrons. The number of methoxy groups -OCH3 is 4. The molecule has 0 saturated heterocycles. The maximum Gasteiger partial charge on any atom is 0.762 e. The number of anilines is 1.